The molecular weight excluding hydrogens is 118 g/mol. The molecule has 3 heteroatoms. The number of rotatable bonds is 1. The lowest BCUT2D eigenvalue weighted by molar-refractivity contribution is -0.131. The quantitative estimate of drug-likeness (QED) is 0.397. The highest BCUT2D eigenvalue weighted by Gasteiger charge is 2.47. The fourth-order valence-electron chi connectivity index (χ4n) is 1.21. The molecule has 52 valence electrons. The minimum Gasteiger partial charge on any atom is -0.289 e. The Morgan fingerprint density at radius 2 is 1.89 bits per heavy atom. The lowest BCUT2D eigenvalue weighted by Gasteiger charge is -1.91. The van der Waals surface area contributed by atoms with Crippen LogP contribution in [0.1, 0.15) is 13.8 Å². The van der Waals surface area contributed by atoms with Crippen molar-refractivity contribution < 1.29 is 10.0 Å². The minimum absolute atomic E-state index is 0.0509. The molecule has 1 fully saturated rings. The van der Waals surface area contributed by atoms with Crippen molar-refractivity contribution in [2.45, 2.75) is 13.8 Å². The average molecular weight is 129 g/mol. The molecule has 0 aromatic heterocycles. The van der Waals surface area contributed by atoms with Crippen LogP contribution in [0.4, 0.5) is 0 Å². The Morgan fingerprint density at radius 1 is 1.44 bits per heavy atom. The first-order valence-electron chi connectivity index (χ1n) is 3.12. The molecule has 0 aromatic rings. The van der Waals surface area contributed by atoms with E-state index in [2.05, 4.69) is 0 Å². The Labute approximate surface area is 54.0 Å². The third-order valence-corrected chi connectivity index (χ3v) is 2.23. The molecule has 0 aromatic carbocycles. The Morgan fingerprint density at radius 3 is 2.00 bits per heavy atom. The molecule has 0 radical (unpaired) electrons. The third-order valence-electron chi connectivity index (χ3n) is 2.23. The Kier molecular flexibility index (Phi) is 1.45. The van der Waals surface area contributed by atoms with E-state index in [1.165, 1.54) is 0 Å². The first-order valence-corrected chi connectivity index (χ1v) is 3.12. The summed E-state index contributed by atoms with van der Waals surface area (Å²) in [7, 11) is 0. The summed E-state index contributed by atoms with van der Waals surface area (Å²) in [5.74, 6) is 0.694. The van der Waals surface area contributed by atoms with E-state index in [1.54, 1.807) is 5.48 Å². The van der Waals surface area contributed by atoms with Crippen LogP contribution in [0.25, 0.3) is 0 Å². The van der Waals surface area contributed by atoms with E-state index >= 15 is 0 Å². The van der Waals surface area contributed by atoms with Crippen molar-refractivity contribution in [1.29, 1.82) is 0 Å². The highest BCUT2D eigenvalue weighted by Crippen LogP contribution is 2.45. The molecule has 1 aliphatic rings. The second kappa shape index (κ2) is 1.99. The third kappa shape index (κ3) is 0.920. The van der Waals surface area contributed by atoms with Gasteiger partial charge in [-0.25, -0.2) is 5.48 Å². The van der Waals surface area contributed by atoms with Crippen molar-refractivity contribution in [3.63, 3.8) is 0 Å². The standard InChI is InChI=1S/C6H11NO2/c1-3-4(2)5(3)6(8)7-9/h3-5,9H,1-2H3,(H,7,8). The molecule has 0 bridgehead atoms. The first kappa shape index (κ1) is 6.55. The van der Waals surface area contributed by atoms with E-state index in [0.29, 0.717) is 11.8 Å². The largest absolute Gasteiger partial charge is 0.289 e. The molecule has 0 spiro atoms. The van der Waals surface area contributed by atoms with Crippen LogP contribution in [0.2, 0.25) is 0 Å². The van der Waals surface area contributed by atoms with Gasteiger partial charge in [0.05, 0.1) is 0 Å². The second-order valence-corrected chi connectivity index (χ2v) is 2.72. The van der Waals surface area contributed by atoms with Crippen molar-refractivity contribution in [1.82, 2.24) is 5.48 Å². The van der Waals surface area contributed by atoms with E-state index in [0.717, 1.165) is 0 Å². The SMILES string of the molecule is CC1C(C)C1C(=O)NO. The van der Waals surface area contributed by atoms with Gasteiger partial charge < -0.3 is 0 Å². The van der Waals surface area contributed by atoms with Crippen LogP contribution in [0.5, 0.6) is 0 Å². The molecule has 1 rings (SSSR count). The number of hydrogen-bond acceptors (Lipinski definition) is 2. The highest BCUT2D eigenvalue weighted by molar-refractivity contribution is 5.80. The van der Waals surface area contributed by atoms with Gasteiger partial charge in [-0.3, -0.25) is 10.0 Å². The number of hydroxylamine groups is 1. The molecule has 2 N–H and O–H groups in total. The summed E-state index contributed by atoms with van der Waals surface area (Å²) in [6.07, 6.45) is 0. The molecule has 9 heavy (non-hydrogen) atoms. The summed E-state index contributed by atoms with van der Waals surface area (Å²) >= 11 is 0. The lowest BCUT2D eigenvalue weighted by atomic mass is 10.3. The Balaban J connectivity index is 2.40. The van der Waals surface area contributed by atoms with Crippen LogP contribution in [-0.4, -0.2) is 11.1 Å². The number of nitrogens with one attached hydrogen (secondary N) is 1. The number of hydrogen-bond donors (Lipinski definition) is 2. The van der Waals surface area contributed by atoms with E-state index < -0.39 is 0 Å². The van der Waals surface area contributed by atoms with Crippen LogP contribution in [0.15, 0.2) is 0 Å². The maximum atomic E-state index is 10.6. The van der Waals surface area contributed by atoms with Crippen molar-refractivity contribution in [3.05, 3.63) is 0 Å². The zero-order valence-corrected chi connectivity index (χ0v) is 5.59. The summed E-state index contributed by atoms with van der Waals surface area (Å²) in [4.78, 5) is 10.6. The monoisotopic (exact) mass is 129 g/mol. The minimum atomic E-state index is -0.241. The van der Waals surface area contributed by atoms with Crippen LogP contribution >= 0.6 is 0 Å². The smallest absolute Gasteiger partial charge is 0.247 e. The van der Waals surface area contributed by atoms with Gasteiger partial charge in [-0.1, -0.05) is 13.8 Å². The predicted molar refractivity (Wildman–Crippen MR) is 31.7 cm³/mol. The van der Waals surface area contributed by atoms with Crippen molar-refractivity contribution in [2.75, 3.05) is 0 Å². The molecule has 1 aliphatic carbocycles. The molecular formula is C6H11NO2. The summed E-state index contributed by atoms with van der Waals surface area (Å²) in [5, 5.41) is 8.18. The van der Waals surface area contributed by atoms with Crippen LogP contribution in [-0.2, 0) is 4.79 Å². The molecule has 0 aliphatic heterocycles. The Bertz CT molecular complexity index is 127. The predicted octanol–water partition coefficient (Wildman–Crippen LogP) is 0.394. The van der Waals surface area contributed by atoms with E-state index in [-0.39, 0.29) is 11.8 Å². The van der Waals surface area contributed by atoms with Crippen molar-refractivity contribution >= 4 is 5.91 Å². The molecule has 2 unspecified atom stereocenters. The molecule has 1 saturated carbocycles. The van der Waals surface area contributed by atoms with Crippen molar-refractivity contribution in [3.8, 4) is 0 Å². The first-order chi connectivity index (χ1) is 4.18. The second-order valence-electron chi connectivity index (χ2n) is 2.72. The Hall–Kier alpha value is -0.570. The summed E-state index contributed by atoms with van der Waals surface area (Å²) in [6.45, 7) is 4.01. The number of amides is 1. The fourth-order valence-corrected chi connectivity index (χ4v) is 1.21. The van der Waals surface area contributed by atoms with Crippen LogP contribution in [0, 0.1) is 17.8 Å². The zero-order valence-electron chi connectivity index (χ0n) is 5.59. The molecule has 3 nitrogen and oxygen atoms in total. The van der Waals surface area contributed by atoms with Gasteiger partial charge in [0, 0.05) is 5.92 Å². The maximum Gasteiger partial charge on any atom is 0.247 e. The normalized spacial score (nSPS) is 40.1. The van der Waals surface area contributed by atoms with Gasteiger partial charge in [0.25, 0.3) is 0 Å². The van der Waals surface area contributed by atoms with Gasteiger partial charge in [-0.2, -0.15) is 0 Å². The van der Waals surface area contributed by atoms with Gasteiger partial charge in [-0.15, -0.1) is 0 Å². The number of carbonyl (C=O) groups excluding carboxylic acids is 1. The molecule has 0 saturated heterocycles. The maximum absolute atomic E-state index is 10.6. The van der Waals surface area contributed by atoms with Crippen molar-refractivity contribution in [2.24, 2.45) is 17.8 Å². The average Bonchev–Trinajstić information content (AvgIpc) is 2.40. The van der Waals surface area contributed by atoms with Gasteiger partial charge in [0.1, 0.15) is 0 Å². The van der Waals surface area contributed by atoms with Gasteiger partial charge in [0.15, 0.2) is 0 Å². The molecule has 1 amide bonds. The van der Waals surface area contributed by atoms with Gasteiger partial charge >= 0.3 is 0 Å². The summed E-state index contributed by atoms with van der Waals surface area (Å²) < 4.78 is 0. The van der Waals surface area contributed by atoms with Gasteiger partial charge in [0.2, 0.25) is 5.91 Å². The summed E-state index contributed by atoms with van der Waals surface area (Å²) in [5.41, 5.74) is 1.65. The summed E-state index contributed by atoms with van der Waals surface area (Å²) in [6, 6.07) is 0. The lowest BCUT2D eigenvalue weighted by Crippen LogP contribution is -2.21. The topological polar surface area (TPSA) is 49.3 Å². The highest BCUT2D eigenvalue weighted by atomic mass is 16.5. The fraction of sp³-hybridized carbons (Fsp3) is 0.833. The number of carbonyl (C=O) groups is 1. The van der Waals surface area contributed by atoms with Crippen LogP contribution < -0.4 is 5.48 Å². The zero-order chi connectivity index (χ0) is 7.02. The van der Waals surface area contributed by atoms with E-state index in [4.69, 9.17) is 5.21 Å². The van der Waals surface area contributed by atoms with Crippen LogP contribution in [0.3, 0.4) is 0 Å². The molecule has 0 heterocycles. The molecule has 2 atom stereocenters. The van der Waals surface area contributed by atoms with E-state index in [9.17, 15) is 4.79 Å². The van der Waals surface area contributed by atoms with Gasteiger partial charge in [-0.05, 0) is 11.8 Å². The van der Waals surface area contributed by atoms with E-state index in [1.807, 2.05) is 13.8 Å².